The molecule has 0 heterocycles. The summed E-state index contributed by atoms with van der Waals surface area (Å²) in [6.07, 6.45) is 7.27. The summed E-state index contributed by atoms with van der Waals surface area (Å²) in [5.74, 6) is 4.74. The highest BCUT2D eigenvalue weighted by Crippen LogP contribution is 2.53. The predicted molar refractivity (Wildman–Crippen MR) is 115 cm³/mol. The molecular formula is C25H30ClNO. The SMILES string of the molecule is Cc1cccc(COc2ccc(Cl)cc2CNC2C3CC4CC(C3)CC2C4)c1. The highest BCUT2D eigenvalue weighted by molar-refractivity contribution is 6.30. The molecule has 0 unspecified atom stereocenters. The van der Waals surface area contributed by atoms with Crippen LogP contribution < -0.4 is 10.1 Å². The van der Waals surface area contributed by atoms with Crippen LogP contribution in [-0.4, -0.2) is 6.04 Å². The molecule has 4 aliphatic rings. The fourth-order valence-corrected chi connectivity index (χ4v) is 6.47. The fraction of sp³-hybridized carbons (Fsp3) is 0.520. The van der Waals surface area contributed by atoms with E-state index in [1.165, 1.54) is 48.8 Å². The molecular weight excluding hydrogens is 366 g/mol. The van der Waals surface area contributed by atoms with Crippen LogP contribution in [0, 0.1) is 30.6 Å². The monoisotopic (exact) mass is 395 g/mol. The van der Waals surface area contributed by atoms with Crippen molar-refractivity contribution in [2.45, 2.75) is 58.2 Å². The molecule has 0 amide bonds. The molecule has 148 valence electrons. The lowest BCUT2D eigenvalue weighted by Crippen LogP contribution is -2.54. The third-order valence-corrected chi connectivity index (χ3v) is 7.49. The molecule has 0 aliphatic heterocycles. The molecule has 1 N–H and O–H groups in total. The Kier molecular flexibility index (Phi) is 5.11. The van der Waals surface area contributed by atoms with Gasteiger partial charge in [-0.2, -0.15) is 0 Å². The van der Waals surface area contributed by atoms with Gasteiger partial charge in [-0.1, -0.05) is 41.4 Å². The van der Waals surface area contributed by atoms with Crippen molar-refractivity contribution in [3.05, 3.63) is 64.2 Å². The second kappa shape index (κ2) is 7.72. The Bertz CT molecular complexity index is 820. The highest BCUT2D eigenvalue weighted by atomic mass is 35.5. The summed E-state index contributed by atoms with van der Waals surface area (Å²) < 4.78 is 6.19. The number of halogens is 1. The van der Waals surface area contributed by atoms with Crippen LogP contribution in [0.4, 0.5) is 0 Å². The summed E-state index contributed by atoms with van der Waals surface area (Å²) in [4.78, 5) is 0. The molecule has 0 radical (unpaired) electrons. The molecule has 3 heteroatoms. The van der Waals surface area contributed by atoms with Crippen LogP contribution in [0.2, 0.25) is 5.02 Å². The maximum atomic E-state index is 6.31. The summed E-state index contributed by atoms with van der Waals surface area (Å²) in [7, 11) is 0. The Hall–Kier alpha value is -1.51. The topological polar surface area (TPSA) is 21.3 Å². The molecule has 4 aliphatic carbocycles. The number of hydrogen-bond donors (Lipinski definition) is 1. The van der Waals surface area contributed by atoms with Crippen molar-refractivity contribution < 1.29 is 4.74 Å². The van der Waals surface area contributed by atoms with Gasteiger partial charge < -0.3 is 10.1 Å². The van der Waals surface area contributed by atoms with Gasteiger partial charge in [-0.05, 0) is 86.5 Å². The molecule has 2 aromatic carbocycles. The Labute approximate surface area is 173 Å². The maximum absolute atomic E-state index is 6.31. The summed E-state index contributed by atoms with van der Waals surface area (Å²) in [5, 5.41) is 4.70. The number of rotatable bonds is 6. The normalized spacial score (nSPS) is 30.6. The number of hydrogen-bond acceptors (Lipinski definition) is 2. The Morgan fingerprint density at radius 2 is 1.71 bits per heavy atom. The van der Waals surface area contributed by atoms with E-state index in [0.717, 1.165) is 41.0 Å². The van der Waals surface area contributed by atoms with E-state index in [1.54, 1.807) is 0 Å². The Morgan fingerprint density at radius 1 is 0.964 bits per heavy atom. The van der Waals surface area contributed by atoms with Crippen LogP contribution >= 0.6 is 11.6 Å². The van der Waals surface area contributed by atoms with Gasteiger partial charge in [0.05, 0.1) is 0 Å². The zero-order valence-electron chi connectivity index (χ0n) is 16.7. The molecule has 4 bridgehead atoms. The van der Waals surface area contributed by atoms with Gasteiger partial charge >= 0.3 is 0 Å². The van der Waals surface area contributed by atoms with Crippen LogP contribution in [0.15, 0.2) is 42.5 Å². The van der Waals surface area contributed by atoms with E-state index in [9.17, 15) is 0 Å². The van der Waals surface area contributed by atoms with E-state index < -0.39 is 0 Å². The van der Waals surface area contributed by atoms with Crippen molar-refractivity contribution >= 4 is 11.6 Å². The first-order valence-corrected chi connectivity index (χ1v) is 11.2. The molecule has 0 aromatic heterocycles. The van der Waals surface area contributed by atoms with Crippen LogP contribution in [0.1, 0.15) is 48.8 Å². The van der Waals surface area contributed by atoms with Crippen molar-refractivity contribution in [2.75, 3.05) is 0 Å². The fourth-order valence-electron chi connectivity index (χ4n) is 6.28. The molecule has 0 spiro atoms. The first-order valence-electron chi connectivity index (χ1n) is 10.8. The first kappa shape index (κ1) is 18.5. The van der Waals surface area contributed by atoms with Gasteiger partial charge in [0.1, 0.15) is 12.4 Å². The highest BCUT2D eigenvalue weighted by Gasteiger charge is 2.47. The second-order valence-electron chi connectivity index (χ2n) is 9.37. The van der Waals surface area contributed by atoms with Gasteiger partial charge in [0.2, 0.25) is 0 Å². The Balaban J connectivity index is 1.26. The zero-order chi connectivity index (χ0) is 19.1. The lowest BCUT2D eigenvalue weighted by Gasteiger charge is -2.54. The molecule has 0 atom stereocenters. The lowest BCUT2D eigenvalue weighted by atomic mass is 9.54. The molecule has 4 fully saturated rings. The van der Waals surface area contributed by atoms with Crippen LogP contribution in [0.25, 0.3) is 0 Å². The van der Waals surface area contributed by atoms with Gasteiger partial charge in [0.25, 0.3) is 0 Å². The number of aryl methyl sites for hydroxylation is 1. The second-order valence-corrected chi connectivity index (χ2v) is 9.80. The molecule has 2 aromatic rings. The van der Waals surface area contributed by atoms with Gasteiger partial charge in [0.15, 0.2) is 0 Å². The number of benzene rings is 2. The molecule has 2 nitrogen and oxygen atoms in total. The van der Waals surface area contributed by atoms with E-state index in [0.29, 0.717) is 12.6 Å². The smallest absolute Gasteiger partial charge is 0.124 e. The predicted octanol–water partition coefficient (Wildman–Crippen LogP) is 6.14. The molecule has 0 saturated heterocycles. The quantitative estimate of drug-likeness (QED) is 0.634. The molecule has 28 heavy (non-hydrogen) atoms. The Morgan fingerprint density at radius 3 is 2.43 bits per heavy atom. The van der Waals surface area contributed by atoms with E-state index in [4.69, 9.17) is 16.3 Å². The minimum absolute atomic E-state index is 0.592. The van der Waals surface area contributed by atoms with Crippen molar-refractivity contribution in [1.82, 2.24) is 5.32 Å². The number of nitrogens with one attached hydrogen (secondary N) is 1. The third-order valence-electron chi connectivity index (χ3n) is 7.25. The maximum Gasteiger partial charge on any atom is 0.124 e. The van der Waals surface area contributed by atoms with E-state index in [-0.39, 0.29) is 0 Å². The standard InChI is InChI=1S/C25H30ClNO/c1-16-3-2-4-17(7-16)15-28-24-6-5-23(26)13-22(24)14-27-25-20-9-18-8-19(11-20)12-21(25)10-18/h2-7,13,18-21,25,27H,8-12,14-15H2,1H3. The largest absolute Gasteiger partial charge is 0.489 e. The molecule has 6 rings (SSSR count). The minimum Gasteiger partial charge on any atom is -0.489 e. The third kappa shape index (κ3) is 3.82. The van der Waals surface area contributed by atoms with Crippen LogP contribution in [0.5, 0.6) is 5.75 Å². The zero-order valence-corrected chi connectivity index (χ0v) is 17.4. The average Bonchev–Trinajstić information content (AvgIpc) is 2.66. The van der Waals surface area contributed by atoms with Gasteiger partial charge in [0, 0.05) is 23.2 Å². The summed E-state index contributed by atoms with van der Waals surface area (Å²) in [5.41, 5.74) is 3.64. The van der Waals surface area contributed by atoms with Crippen LogP contribution in [-0.2, 0) is 13.2 Å². The van der Waals surface area contributed by atoms with Crippen molar-refractivity contribution in [2.24, 2.45) is 23.7 Å². The van der Waals surface area contributed by atoms with Crippen molar-refractivity contribution in [1.29, 1.82) is 0 Å². The van der Waals surface area contributed by atoms with E-state index in [2.05, 4.69) is 42.6 Å². The van der Waals surface area contributed by atoms with E-state index in [1.807, 2.05) is 12.1 Å². The lowest BCUT2D eigenvalue weighted by molar-refractivity contribution is -0.0143. The van der Waals surface area contributed by atoms with Crippen LogP contribution in [0.3, 0.4) is 0 Å². The first-order chi connectivity index (χ1) is 13.6. The van der Waals surface area contributed by atoms with Gasteiger partial charge in [-0.3, -0.25) is 0 Å². The molecule has 4 saturated carbocycles. The van der Waals surface area contributed by atoms with Gasteiger partial charge in [-0.15, -0.1) is 0 Å². The van der Waals surface area contributed by atoms with Gasteiger partial charge in [-0.25, -0.2) is 0 Å². The summed E-state index contributed by atoms with van der Waals surface area (Å²) >= 11 is 6.31. The summed E-state index contributed by atoms with van der Waals surface area (Å²) in [6, 6.07) is 15.2. The average molecular weight is 396 g/mol. The van der Waals surface area contributed by atoms with E-state index >= 15 is 0 Å². The van der Waals surface area contributed by atoms with Crippen molar-refractivity contribution in [3.8, 4) is 5.75 Å². The summed E-state index contributed by atoms with van der Waals surface area (Å²) in [6.45, 7) is 3.55. The minimum atomic E-state index is 0.592. The van der Waals surface area contributed by atoms with Crippen molar-refractivity contribution in [3.63, 3.8) is 0 Å². The number of ether oxygens (including phenoxy) is 1.